The molecule has 1 aromatic carbocycles. The van der Waals surface area contributed by atoms with E-state index in [0.29, 0.717) is 22.1 Å². The van der Waals surface area contributed by atoms with Crippen molar-refractivity contribution in [2.75, 3.05) is 11.1 Å². The number of carbonyl (C=O) groups excluding carboxylic acids is 1. The van der Waals surface area contributed by atoms with Gasteiger partial charge in [0.05, 0.1) is 10.6 Å². The average molecular weight is 374 g/mol. The SMILES string of the molecule is Nc1ccc(I)cc1C(=O)Nc1ccc(Cl)cn1. The Morgan fingerprint density at radius 1 is 1.33 bits per heavy atom. The molecule has 0 aliphatic heterocycles. The van der Waals surface area contributed by atoms with Gasteiger partial charge in [0.25, 0.3) is 5.91 Å². The number of nitrogens with one attached hydrogen (secondary N) is 1. The van der Waals surface area contributed by atoms with E-state index in [-0.39, 0.29) is 5.91 Å². The zero-order chi connectivity index (χ0) is 13.1. The highest BCUT2D eigenvalue weighted by molar-refractivity contribution is 14.1. The second-order valence-electron chi connectivity index (χ2n) is 3.55. The maximum Gasteiger partial charge on any atom is 0.258 e. The third-order valence-corrected chi connectivity index (χ3v) is 3.12. The Labute approximate surface area is 123 Å². The first-order chi connectivity index (χ1) is 8.56. The molecule has 92 valence electrons. The summed E-state index contributed by atoms with van der Waals surface area (Å²) in [5.74, 6) is 0.142. The first-order valence-corrected chi connectivity index (χ1v) is 6.50. The van der Waals surface area contributed by atoms with Crippen molar-refractivity contribution in [1.82, 2.24) is 4.98 Å². The molecule has 2 aromatic rings. The highest BCUT2D eigenvalue weighted by Crippen LogP contribution is 2.17. The van der Waals surface area contributed by atoms with Gasteiger partial charge in [0, 0.05) is 15.5 Å². The van der Waals surface area contributed by atoms with Gasteiger partial charge >= 0.3 is 0 Å². The van der Waals surface area contributed by atoms with Gasteiger partial charge in [-0.05, 0) is 52.9 Å². The molecule has 0 fully saturated rings. The van der Waals surface area contributed by atoms with Crippen LogP contribution in [0.4, 0.5) is 11.5 Å². The lowest BCUT2D eigenvalue weighted by atomic mass is 10.1. The molecule has 4 nitrogen and oxygen atoms in total. The molecule has 18 heavy (non-hydrogen) atoms. The first-order valence-electron chi connectivity index (χ1n) is 5.04. The molecule has 0 saturated carbocycles. The van der Waals surface area contributed by atoms with Gasteiger partial charge in [-0.25, -0.2) is 4.98 Å². The van der Waals surface area contributed by atoms with Crippen molar-refractivity contribution in [2.45, 2.75) is 0 Å². The first kappa shape index (κ1) is 13.1. The van der Waals surface area contributed by atoms with Gasteiger partial charge in [-0.15, -0.1) is 0 Å². The summed E-state index contributed by atoms with van der Waals surface area (Å²) < 4.78 is 0.941. The Kier molecular flexibility index (Phi) is 4.03. The monoisotopic (exact) mass is 373 g/mol. The molecule has 2 rings (SSSR count). The summed E-state index contributed by atoms with van der Waals surface area (Å²) in [7, 11) is 0. The second-order valence-corrected chi connectivity index (χ2v) is 5.23. The Bertz CT molecular complexity index is 586. The Hall–Kier alpha value is -1.34. The van der Waals surface area contributed by atoms with Crippen LogP contribution in [0.25, 0.3) is 0 Å². The zero-order valence-corrected chi connectivity index (χ0v) is 12.1. The van der Waals surface area contributed by atoms with E-state index in [2.05, 4.69) is 32.9 Å². The molecule has 3 N–H and O–H groups in total. The number of rotatable bonds is 2. The van der Waals surface area contributed by atoms with Gasteiger partial charge in [0.2, 0.25) is 0 Å². The normalized spacial score (nSPS) is 10.1. The number of pyridine rings is 1. The molecule has 0 aliphatic carbocycles. The van der Waals surface area contributed by atoms with Crippen LogP contribution in [0.2, 0.25) is 5.02 Å². The molecule has 0 unspecified atom stereocenters. The van der Waals surface area contributed by atoms with Crippen LogP contribution >= 0.6 is 34.2 Å². The van der Waals surface area contributed by atoms with Crippen molar-refractivity contribution < 1.29 is 4.79 Å². The number of aromatic nitrogens is 1. The zero-order valence-electron chi connectivity index (χ0n) is 9.15. The Balaban J connectivity index is 2.21. The second kappa shape index (κ2) is 5.53. The Morgan fingerprint density at radius 2 is 2.11 bits per heavy atom. The van der Waals surface area contributed by atoms with Crippen molar-refractivity contribution in [3.05, 3.63) is 50.7 Å². The lowest BCUT2D eigenvalue weighted by molar-refractivity contribution is 0.102. The van der Waals surface area contributed by atoms with Gasteiger partial charge in [-0.3, -0.25) is 4.79 Å². The predicted octanol–water partition coefficient (Wildman–Crippen LogP) is 3.17. The molecular weight excluding hydrogens is 365 g/mol. The lowest BCUT2D eigenvalue weighted by Gasteiger charge is -2.07. The summed E-state index contributed by atoms with van der Waals surface area (Å²) in [5, 5.41) is 3.18. The van der Waals surface area contributed by atoms with E-state index in [0.717, 1.165) is 3.57 Å². The molecule has 6 heteroatoms. The van der Waals surface area contributed by atoms with Crippen molar-refractivity contribution >= 4 is 51.6 Å². The number of anilines is 2. The van der Waals surface area contributed by atoms with Crippen LogP contribution < -0.4 is 11.1 Å². The van der Waals surface area contributed by atoms with E-state index in [1.807, 2.05) is 6.07 Å². The minimum absolute atomic E-state index is 0.291. The van der Waals surface area contributed by atoms with Crippen LogP contribution in [0.15, 0.2) is 36.5 Å². The van der Waals surface area contributed by atoms with Crippen molar-refractivity contribution in [3.8, 4) is 0 Å². The van der Waals surface area contributed by atoms with E-state index in [1.165, 1.54) is 6.20 Å². The van der Waals surface area contributed by atoms with Gasteiger partial charge < -0.3 is 11.1 Å². The van der Waals surface area contributed by atoms with Gasteiger partial charge in [-0.1, -0.05) is 11.6 Å². The number of nitrogens with zero attached hydrogens (tertiary/aromatic N) is 1. The van der Waals surface area contributed by atoms with Gasteiger partial charge in [0.15, 0.2) is 0 Å². The molecular formula is C12H9ClIN3O. The maximum absolute atomic E-state index is 12.0. The quantitative estimate of drug-likeness (QED) is 0.627. The number of hydrogen-bond acceptors (Lipinski definition) is 3. The van der Waals surface area contributed by atoms with E-state index >= 15 is 0 Å². The minimum atomic E-state index is -0.291. The number of nitrogens with two attached hydrogens (primary N) is 1. The largest absolute Gasteiger partial charge is 0.398 e. The molecule has 1 aromatic heterocycles. The molecule has 0 bridgehead atoms. The summed E-state index contributed by atoms with van der Waals surface area (Å²) in [6.45, 7) is 0. The van der Waals surface area contributed by atoms with Crippen LogP contribution in [-0.4, -0.2) is 10.9 Å². The molecule has 0 radical (unpaired) electrons. The molecule has 0 saturated heterocycles. The van der Waals surface area contributed by atoms with Crippen LogP contribution in [0.3, 0.4) is 0 Å². The lowest BCUT2D eigenvalue weighted by Crippen LogP contribution is -2.15. The molecule has 0 aliphatic rings. The smallest absolute Gasteiger partial charge is 0.258 e. The minimum Gasteiger partial charge on any atom is -0.398 e. The van der Waals surface area contributed by atoms with E-state index < -0.39 is 0 Å². The third kappa shape index (κ3) is 3.11. The fourth-order valence-corrected chi connectivity index (χ4v) is 1.96. The summed E-state index contributed by atoms with van der Waals surface area (Å²) in [6.07, 6.45) is 1.47. The summed E-state index contributed by atoms with van der Waals surface area (Å²) in [6, 6.07) is 8.55. The van der Waals surface area contributed by atoms with Crippen molar-refractivity contribution in [1.29, 1.82) is 0 Å². The molecule has 1 amide bonds. The molecule has 1 heterocycles. The summed E-state index contributed by atoms with van der Waals surface area (Å²) in [5.41, 5.74) is 6.62. The number of nitrogen functional groups attached to an aromatic ring is 1. The van der Waals surface area contributed by atoms with Crippen LogP contribution in [0, 0.1) is 3.57 Å². The van der Waals surface area contributed by atoms with Crippen molar-refractivity contribution in [3.63, 3.8) is 0 Å². The van der Waals surface area contributed by atoms with Crippen LogP contribution in [0.5, 0.6) is 0 Å². The van der Waals surface area contributed by atoms with Gasteiger partial charge in [-0.2, -0.15) is 0 Å². The molecule has 0 spiro atoms. The number of benzene rings is 1. The van der Waals surface area contributed by atoms with E-state index in [1.54, 1.807) is 24.3 Å². The summed E-state index contributed by atoms with van der Waals surface area (Å²) >= 11 is 7.84. The maximum atomic E-state index is 12.0. The van der Waals surface area contributed by atoms with E-state index in [9.17, 15) is 4.79 Å². The standard InChI is InChI=1S/C12H9ClIN3O/c13-7-1-4-11(16-6-7)17-12(18)9-5-8(14)2-3-10(9)15/h1-6H,15H2,(H,16,17,18). The van der Waals surface area contributed by atoms with Crippen LogP contribution in [0.1, 0.15) is 10.4 Å². The third-order valence-electron chi connectivity index (χ3n) is 2.23. The highest BCUT2D eigenvalue weighted by Gasteiger charge is 2.10. The molecule has 0 atom stereocenters. The summed E-state index contributed by atoms with van der Waals surface area (Å²) in [4.78, 5) is 16.0. The fraction of sp³-hybridized carbons (Fsp3) is 0. The number of hydrogen-bond donors (Lipinski definition) is 2. The van der Waals surface area contributed by atoms with E-state index in [4.69, 9.17) is 17.3 Å². The fourth-order valence-electron chi connectivity index (χ4n) is 1.36. The van der Waals surface area contributed by atoms with Crippen molar-refractivity contribution in [2.24, 2.45) is 0 Å². The van der Waals surface area contributed by atoms with Crippen LogP contribution in [-0.2, 0) is 0 Å². The van der Waals surface area contributed by atoms with Gasteiger partial charge in [0.1, 0.15) is 5.82 Å². The number of halogens is 2. The average Bonchev–Trinajstić information content (AvgIpc) is 2.35. The number of carbonyl (C=O) groups is 1. The predicted molar refractivity (Wildman–Crippen MR) is 80.8 cm³/mol. The highest BCUT2D eigenvalue weighted by atomic mass is 127. The number of amides is 1. The topological polar surface area (TPSA) is 68.0 Å². The Morgan fingerprint density at radius 3 is 2.78 bits per heavy atom.